The second-order valence-corrected chi connectivity index (χ2v) is 6.05. The van der Waals surface area contributed by atoms with E-state index in [1.165, 1.54) is 23.3 Å². The molecule has 0 unspecified atom stereocenters. The summed E-state index contributed by atoms with van der Waals surface area (Å²) in [5.74, 6) is -0.237. The Kier molecular flexibility index (Phi) is 3.46. The SMILES string of the molecule is C[C@@H]1CC(c2ccc3c(cnn3-c3ccc(F)cc3)c2)=CCN1. The van der Waals surface area contributed by atoms with Gasteiger partial charge in [0.15, 0.2) is 0 Å². The second kappa shape index (κ2) is 5.63. The topological polar surface area (TPSA) is 29.9 Å². The highest BCUT2D eigenvalue weighted by molar-refractivity contribution is 5.85. The molecule has 3 aromatic rings. The molecule has 2 aromatic carbocycles. The summed E-state index contributed by atoms with van der Waals surface area (Å²) in [5.41, 5.74) is 4.53. The molecular formula is C19H18FN3. The fraction of sp³-hybridized carbons (Fsp3) is 0.211. The van der Waals surface area contributed by atoms with Gasteiger partial charge in [-0.05, 0) is 60.9 Å². The van der Waals surface area contributed by atoms with Crippen LogP contribution in [0.1, 0.15) is 18.9 Å². The largest absolute Gasteiger partial charge is 0.310 e. The summed E-state index contributed by atoms with van der Waals surface area (Å²) < 4.78 is 14.9. The van der Waals surface area contributed by atoms with Crippen LogP contribution < -0.4 is 5.32 Å². The smallest absolute Gasteiger partial charge is 0.123 e. The molecule has 0 aliphatic carbocycles. The number of hydrogen-bond donors (Lipinski definition) is 1. The van der Waals surface area contributed by atoms with Gasteiger partial charge in [0, 0.05) is 18.0 Å². The van der Waals surface area contributed by atoms with Crippen molar-refractivity contribution < 1.29 is 4.39 Å². The molecule has 1 atom stereocenters. The van der Waals surface area contributed by atoms with E-state index in [1.54, 1.807) is 12.1 Å². The van der Waals surface area contributed by atoms with Gasteiger partial charge in [-0.3, -0.25) is 0 Å². The van der Waals surface area contributed by atoms with E-state index in [2.05, 4.69) is 41.6 Å². The van der Waals surface area contributed by atoms with Crippen LogP contribution in [0.5, 0.6) is 0 Å². The van der Waals surface area contributed by atoms with Gasteiger partial charge in [-0.25, -0.2) is 9.07 Å². The molecular weight excluding hydrogens is 289 g/mol. The molecule has 0 saturated carbocycles. The van der Waals surface area contributed by atoms with E-state index in [4.69, 9.17) is 0 Å². The average molecular weight is 307 g/mol. The number of nitrogens with zero attached hydrogens (tertiary/aromatic N) is 2. The van der Waals surface area contributed by atoms with Gasteiger partial charge in [-0.1, -0.05) is 12.1 Å². The molecule has 4 rings (SSSR count). The summed E-state index contributed by atoms with van der Waals surface area (Å²) in [7, 11) is 0. The van der Waals surface area contributed by atoms with Crippen LogP contribution in [0.4, 0.5) is 4.39 Å². The van der Waals surface area contributed by atoms with Gasteiger partial charge >= 0.3 is 0 Å². The van der Waals surface area contributed by atoms with Gasteiger partial charge in [0.1, 0.15) is 5.82 Å². The number of nitrogens with one attached hydrogen (secondary N) is 1. The first-order valence-corrected chi connectivity index (χ1v) is 7.87. The van der Waals surface area contributed by atoms with Gasteiger partial charge in [0.2, 0.25) is 0 Å². The first-order chi connectivity index (χ1) is 11.2. The zero-order valence-corrected chi connectivity index (χ0v) is 13.0. The van der Waals surface area contributed by atoms with Crippen molar-refractivity contribution >= 4 is 16.5 Å². The number of aromatic nitrogens is 2. The van der Waals surface area contributed by atoms with E-state index in [1.807, 2.05) is 10.9 Å². The van der Waals surface area contributed by atoms with Gasteiger partial charge in [-0.15, -0.1) is 0 Å². The summed E-state index contributed by atoms with van der Waals surface area (Å²) in [6.45, 7) is 3.13. The third-order valence-electron chi connectivity index (χ3n) is 4.35. The number of hydrogen-bond acceptors (Lipinski definition) is 2. The zero-order valence-electron chi connectivity index (χ0n) is 13.0. The lowest BCUT2D eigenvalue weighted by Gasteiger charge is -2.21. The molecule has 1 aromatic heterocycles. The fourth-order valence-corrected chi connectivity index (χ4v) is 3.13. The Morgan fingerprint density at radius 1 is 1.17 bits per heavy atom. The predicted octanol–water partition coefficient (Wildman–Crippen LogP) is 3.93. The van der Waals surface area contributed by atoms with Crippen LogP contribution in [0.2, 0.25) is 0 Å². The molecule has 0 fully saturated rings. The van der Waals surface area contributed by atoms with Crippen LogP contribution in [0.15, 0.2) is 54.7 Å². The molecule has 2 heterocycles. The molecule has 23 heavy (non-hydrogen) atoms. The van der Waals surface area contributed by atoms with Gasteiger partial charge < -0.3 is 5.32 Å². The Morgan fingerprint density at radius 2 is 2.00 bits per heavy atom. The Hall–Kier alpha value is -2.46. The molecule has 4 heteroatoms. The number of rotatable bonds is 2. The standard InChI is InChI=1S/C19H18FN3/c1-13-10-15(8-9-21-13)14-2-7-19-16(11-14)12-22-23(19)18-5-3-17(20)4-6-18/h2-8,11-13,21H,9-10H2,1H3/t13-/m1/s1. The monoisotopic (exact) mass is 307 g/mol. The van der Waals surface area contributed by atoms with Crippen LogP contribution >= 0.6 is 0 Å². The van der Waals surface area contributed by atoms with Crippen molar-refractivity contribution in [3.8, 4) is 5.69 Å². The molecule has 0 radical (unpaired) electrons. The predicted molar refractivity (Wildman–Crippen MR) is 91.1 cm³/mol. The fourth-order valence-electron chi connectivity index (χ4n) is 3.13. The highest BCUT2D eigenvalue weighted by Gasteiger charge is 2.13. The lowest BCUT2D eigenvalue weighted by molar-refractivity contribution is 0.579. The Labute approximate surface area is 134 Å². The number of halogens is 1. The van der Waals surface area contributed by atoms with Crippen LogP contribution in [0, 0.1) is 5.82 Å². The Balaban J connectivity index is 1.74. The van der Waals surface area contributed by atoms with E-state index in [0.717, 1.165) is 29.6 Å². The van der Waals surface area contributed by atoms with E-state index in [0.29, 0.717) is 6.04 Å². The van der Waals surface area contributed by atoms with E-state index < -0.39 is 0 Å². The maximum atomic E-state index is 13.1. The minimum absolute atomic E-state index is 0.237. The third kappa shape index (κ3) is 2.66. The van der Waals surface area contributed by atoms with Crippen molar-refractivity contribution in [3.05, 3.63) is 66.1 Å². The second-order valence-electron chi connectivity index (χ2n) is 6.05. The van der Waals surface area contributed by atoms with Crippen LogP contribution in [0.3, 0.4) is 0 Å². The molecule has 0 saturated heterocycles. The molecule has 3 nitrogen and oxygen atoms in total. The normalized spacial score (nSPS) is 18.2. The Morgan fingerprint density at radius 3 is 2.78 bits per heavy atom. The van der Waals surface area contributed by atoms with Crippen LogP contribution in [-0.2, 0) is 0 Å². The maximum Gasteiger partial charge on any atom is 0.123 e. The molecule has 0 bridgehead atoms. The molecule has 1 aliphatic heterocycles. The van der Waals surface area contributed by atoms with Crippen molar-refractivity contribution in [2.45, 2.75) is 19.4 Å². The van der Waals surface area contributed by atoms with E-state index >= 15 is 0 Å². The minimum atomic E-state index is -0.237. The quantitative estimate of drug-likeness (QED) is 0.777. The summed E-state index contributed by atoms with van der Waals surface area (Å²) in [6.07, 6.45) is 5.16. The van der Waals surface area contributed by atoms with Crippen molar-refractivity contribution in [1.29, 1.82) is 0 Å². The van der Waals surface area contributed by atoms with Crippen LogP contribution in [0.25, 0.3) is 22.2 Å². The van der Waals surface area contributed by atoms with Gasteiger partial charge in [-0.2, -0.15) is 5.10 Å². The highest BCUT2D eigenvalue weighted by Crippen LogP contribution is 2.27. The van der Waals surface area contributed by atoms with Crippen LogP contribution in [-0.4, -0.2) is 22.4 Å². The summed E-state index contributed by atoms with van der Waals surface area (Å²) >= 11 is 0. The summed E-state index contributed by atoms with van der Waals surface area (Å²) in [6, 6.07) is 13.3. The third-order valence-corrected chi connectivity index (χ3v) is 4.35. The Bertz CT molecular complexity index is 877. The molecule has 1 N–H and O–H groups in total. The highest BCUT2D eigenvalue weighted by atomic mass is 19.1. The molecule has 116 valence electrons. The minimum Gasteiger partial charge on any atom is -0.310 e. The van der Waals surface area contributed by atoms with Crippen molar-refractivity contribution in [1.82, 2.24) is 15.1 Å². The number of benzene rings is 2. The van der Waals surface area contributed by atoms with E-state index in [9.17, 15) is 4.39 Å². The average Bonchev–Trinajstić information content (AvgIpc) is 2.99. The maximum absolute atomic E-state index is 13.1. The first kappa shape index (κ1) is 14.2. The summed E-state index contributed by atoms with van der Waals surface area (Å²) in [5, 5.41) is 8.98. The lowest BCUT2D eigenvalue weighted by Crippen LogP contribution is -2.29. The van der Waals surface area contributed by atoms with Gasteiger partial charge in [0.05, 0.1) is 17.4 Å². The van der Waals surface area contributed by atoms with Crippen molar-refractivity contribution in [2.75, 3.05) is 6.54 Å². The first-order valence-electron chi connectivity index (χ1n) is 7.87. The zero-order chi connectivity index (χ0) is 15.8. The van der Waals surface area contributed by atoms with Gasteiger partial charge in [0.25, 0.3) is 0 Å². The molecule has 0 amide bonds. The molecule has 1 aliphatic rings. The lowest BCUT2D eigenvalue weighted by atomic mass is 9.95. The van der Waals surface area contributed by atoms with Crippen molar-refractivity contribution in [2.24, 2.45) is 0 Å². The molecule has 0 spiro atoms. The van der Waals surface area contributed by atoms with E-state index in [-0.39, 0.29) is 5.82 Å². The van der Waals surface area contributed by atoms with Crippen molar-refractivity contribution in [3.63, 3.8) is 0 Å². The number of fused-ring (bicyclic) bond motifs is 1. The summed E-state index contributed by atoms with van der Waals surface area (Å²) in [4.78, 5) is 0.